The molecule has 4 nitrogen and oxygen atoms in total. The molecule has 0 N–H and O–H groups in total. The molecule has 1 aromatic heterocycles. The molecule has 24 heavy (non-hydrogen) atoms. The minimum Gasteiger partial charge on any atom is -0.497 e. The average molecular weight is 339 g/mol. The van der Waals surface area contributed by atoms with Crippen molar-refractivity contribution in [3.63, 3.8) is 0 Å². The molecule has 1 fully saturated rings. The monoisotopic (exact) mass is 339 g/mol. The molecular weight excluding hydrogens is 318 g/mol. The number of amidine groups is 1. The smallest absolute Gasteiger partial charge is 0.160 e. The summed E-state index contributed by atoms with van der Waals surface area (Å²) in [5.41, 5.74) is 2.27. The van der Waals surface area contributed by atoms with Crippen LogP contribution in [0.3, 0.4) is 0 Å². The Kier molecular flexibility index (Phi) is 4.19. The number of thioether (sulfide) groups is 1. The van der Waals surface area contributed by atoms with Crippen LogP contribution in [-0.2, 0) is 0 Å². The highest BCUT2D eigenvalue weighted by atomic mass is 32.2. The van der Waals surface area contributed by atoms with Gasteiger partial charge in [-0.3, -0.25) is 9.98 Å². The summed E-state index contributed by atoms with van der Waals surface area (Å²) in [6, 6.07) is 15.2. The zero-order chi connectivity index (χ0) is 16.5. The highest BCUT2D eigenvalue weighted by Gasteiger charge is 2.45. The first kappa shape index (κ1) is 15.5. The van der Waals surface area contributed by atoms with Crippen molar-refractivity contribution in [3.05, 3.63) is 59.9 Å². The molecule has 3 heterocycles. The van der Waals surface area contributed by atoms with Gasteiger partial charge in [-0.25, -0.2) is 0 Å². The van der Waals surface area contributed by atoms with E-state index in [0.29, 0.717) is 6.04 Å². The van der Waals surface area contributed by atoms with Gasteiger partial charge in [-0.15, -0.1) is 0 Å². The van der Waals surface area contributed by atoms with Crippen molar-refractivity contribution in [1.82, 2.24) is 9.88 Å². The summed E-state index contributed by atoms with van der Waals surface area (Å²) in [5.74, 6) is 2.01. The van der Waals surface area contributed by atoms with Crippen LogP contribution in [0.15, 0.2) is 53.7 Å². The summed E-state index contributed by atoms with van der Waals surface area (Å²) in [4.78, 5) is 12.1. The van der Waals surface area contributed by atoms with Crippen molar-refractivity contribution in [2.45, 2.75) is 31.5 Å². The molecule has 0 saturated carbocycles. The number of aromatic nitrogens is 1. The molecule has 1 saturated heterocycles. The van der Waals surface area contributed by atoms with E-state index in [1.165, 1.54) is 5.56 Å². The third kappa shape index (κ3) is 2.57. The first-order valence-corrected chi connectivity index (χ1v) is 9.34. The fraction of sp³-hybridized carbons (Fsp3) is 0.368. The lowest BCUT2D eigenvalue weighted by Crippen LogP contribution is -2.35. The van der Waals surface area contributed by atoms with Gasteiger partial charge in [0, 0.05) is 18.0 Å². The minimum atomic E-state index is 0.0372. The number of aliphatic imine (C=N–C) groups is 1. The lowest BCUT2D eigenvalue weighted by atomic mass is 9.95. The van der Waals surface area contributed by atoms with Gasteiger partial charge in [-0.1, -0.05) is 36.9 Å². The molecule has 0 aliphatic carbocycles. The zero-order valence-corrected chi connectivity index (χ0v) is 14.7. The van der Waals surface area contributed by atoms with Crippen LogP contribution in [0, 0.1) is 0 Å². The number of methoxy groups -OCH3 is 1. The number of hydrogen-bond donors (Lipinski definition) is 0. The molecule has 0 spiro atoms. The van der Waals surface area contributed by atoms with E-state index in [1.807, 2.05) is 36.2 Å². The van der Waals surface area contributed by atoms with E-state index in [-0.39, 0.29) is 12.1 Å². The third-order valence-corrected chi connectivity index (χ3v) is 5.89. The van der Waals surface area contributed by atoms with Gasteiger partial charge in [0.1, 0.15) is 11.8 Å². The highest BCUT2D eigenvalue weighted by Crippen LogP contribution is 2.48. The number of pyridine rings is 1. The van der Waals surface area contributed by atoms with Gasteiger partial charge in [0.05, 0.1) is 18.8 Å². The van der Waals surface area contributed by atoms with Crippen LogP contribution >= 0.6 is 11.8 Å². The van der Waals surface area contributed by atoms with Crippen LogP contribution in [0.1, 0.15) is 36.7 Å². The number of hydrogen-bond acceptors (Lipinski definition) is 5. The van der Waals surface area contributed by atoms with Gasteiger partial charge in [0.25, 0.3) is 0 Å². The normalized spacial score (nSPS) is 25.5. The molecule has 2 aliphatic rings. The molecule has 1 aromatic carbocycles. The second kappa shape index (κ2) is 6.48. The van der Waals surface area contributed by atoms with Crippen LogP contribution in [-0.4, -0.2) is 34.0 Å². The van der Waals surface area contributed by atoms with Gasteiger partial charge in [0.15, 0.2) is 5.17 Å². The molecule has 2 aromatic rings. The number of nitrogens with zero attached hydrogens (tertiary/aromatic N) is 3. The summed E-state index contributed by atoms with van der Waals surface area (Å²) >= 11 is 1.87. The van der Waals surface area contributed by atoms with E-state index < -0.39 is 0 Å². The molecule has 5 heteroatoms. The summed E-state index contributed by atoms with van der Waals surface area (Å²) in [6.45, 7) is 2.25. The Morgan fingerprint density at radius 1 is 1.25 bits per heavy atom. The number of fused-ring (bicyclic) bond motifs is 1. The Morgan fingerprint density at radius 3 is 2.92 bits per heavy atom. The summed E-state index contributed by atoms with van der Waals surface area (Å²) < 4.78 is 5.44. The van der Waals surface area contributed by atoms with Crippen LogP contribution in [0.5, 0.6) is 5.75 Å². The van der Waals surface area contributed by atoms with Crippen molar-refractivity contribution in [3.8, 4) is 5.75 Å². The SMILES string of the molecule is CC[C@H]1CSC2=N[C@H](c3ccccn3)[C@@H](c3cccc(OC)c3)N21. The maximum atomic E-state index is 5.44. The van der Waals surface area contributed by atoms with Crippen molar-refractivity contribution in [1.29, 1.82) is 0 Å². The maximum absolute atomic E-state index is 5.44. The number of ether oxygens (including phenoxy) is 1. The predicted molar refractivity (Wildman–Crippen MR) is 98.5 cm³/mol. The molecule has 4 rings (SSSR count). The maximum Gasteiger partial charge on any atom is 0.160 e. The van der Waals surface area contributed by atoms with Crippen LogP contribution in [0.4, 0.5) is 0 Å². The fourth-order valence-electron chi connectivity index (χ4n) is 3.54. The molecule has 0 bridgehead atoms. The van der Waals surface area contributed by atoms with E-state index in [4.69, 9.17) is 9.73 Å². The van der Waals surface area contributed by atoms with Gasteiger partial charge in [-0.2, -0.15) is 0 Å². The second-order valence-corrected chi connectivity index (χ2v) is 7.10. The second-order valence-electron chi connectivity index (χ2n) is 6.11. The van der Waals surface area contributed by atoms with Gasteiger partial charge >= 0.3 is 0 Å². The molecule has 124 valence electrons. The quantitative estimate of drug-likeness (QED) is 0.841. The van der Waals surface area contributed by atoms with E-state index in [1.54, 1.807) is 7.11 Å². The van der Waals surface area contributed by atoms with Crippen molar-refractivity contribution in [2.75, 3.05) is 12.9 Å². The largest absolute Gasteiger partial charge is 0.497 e. The first-order valence-electron chi connectivity index (χ1n) is 8.35. The Balaban J connectivity index is 1.79. The zero-order valence-electron chi connectivity index (χ0n) is 13.9. The molecule has 0 unspecified atom stereocenters. The van der Waals surface area contributed by atoms with Gasteiger partial charge in [-0.05, 0) is 36.2 Å². The lowest BCUT2D eigenvalue weighted by molar-refractivity contribution is 0.254. The number of benzene rings is 1. The van der Waals surface area contributed by atoms with Gasteiger partial charge < -0.3 is 9.64 Å². The molecule has 2 aliphatic heterocycles. The molecular formula is C19H21N3OS. The average Bonchev–Trinajstić information content (AvgIpc) is 3.21. The Labute approximate surface area is 147 Å². The molecule has 3 atom stereocenters. The first-order chi connectivity index (χ1) is 11.8. The lowest BCUT2D eigenvalue weighted by Gasteiger charge is -2.32. The van der Waals surface area contributed by atoms with Crippen molar-refractivity contribution >= 4 is 16.9 Å². The molecule has 0 radical (unpaired) electrons. The Hall–Kier alpha value is -2.01. The fourth-order valence-corrected chi connectivity index (χ4v) is 4.87. The number of rotatable bonds is 4. The van der Waals surface area contributed by atoms with Gasteiger partial charge in [0.2, 0.25) is 0 Å². The van der Waals surface area contributed by atoms with E-state index in [0.717, 1.165) is 28.8 Å². The van der Waals surface area contributed by atoms with E-state index in [9.17, 15) is 0 Å². The van der Waals surface area contributed by atoms with Crippen LogP contribution < -0.4 is 4.74 Å². The van der Waals surface area contributed by atoms with E-state index >= 15 is 0 Å². The Morgan fingerprint density at radius 2 is 2.17 bits per heavy atom. The predicted octanol–water partition coefficient (Wildman–Crippen LogP) is 4.07. The third-order valence-electron chi connectivity index (χ3n) is 4.76. The van der Waals surface area contributed by atoms with E-state index in [2.05, 4.69) is 41.1 Å². The summed E-state index contributed by atoms with van der Waals surface area (Å²) in [7, 11) is 1.71. The highest BCUT2D eigenvalue weighted by molar-refractivity contribution is 8.14. The topological polar surface area (TPSA) is 37.7 Å². The summed E-state index contributed by atoms with van der Waals surface area (Å²) in [6.07, 6.45) is 2.98. The van der Waals surface area contributed by atoms with Crippen molar-refractivity contribution in [2.24, 2.45) is 4.99 Å². The van der Waals surface area contributed by atoms with Crippen LogP contribution in [0.25, 0.3) is 0 Å². The standard InChI is InChI=1S/C19H21N3OS/c1-3-14-12-24-19-21-17(16-9-4-5-10-20-16)18(22(14)19)13-7-6-8-15(11-13)23-2/h4-11,14,17-18H,3,12H2,1-2H3/t14-,17+,18+/m0/s1. The summed E-state index contributed by atoms with van der Waals surface area (Å²) in [5, 5.41) is 1.16. The van der Waals surface area contributed by atoms with Crippen molar-refractivity contribution < 1.29 is 4.74 Å². The Bertz CT molecular complexity index is 749. The minimum absolute atomic E-state index is 0.0372. The van der Waals surface area contributed by atoms with Crippen LogP contribution in [0.2, 0.25) is 0 Å². The molecule has 0 amide bonds.